The van der Waals surface area contributed by atoms with Crippen LogP contribution >= 0.6 is 22.6 Å². The highest BCUT2D eigenvalue weighted by Crippen LogP contribution is 2.35. The topological polar surface area (TPSA) is 63.4 Å². The molecule has 0 unspecified atom stereocenters. The third-order valence-electron chi connectivity index (χ3n) is 4.38. The van der Waals surface area contributed by atoms with E-state index in [1.807, 2.05) is 22.6 Å². The van der Waals surface area contributed by atoms with E-state index in [1.54, 1.807) is 32.9 Å². The predicted molar refractivity (Wildman–Crippen MR) is 116 cm³/mol. The summed E-state index contributed by atoms with van der Waals surface area (Å²) in [4.78, 5) is 26.6. The van der Waals surface area contributed by atoms with Gasteiger partial charge in [0.2, 0.25) is 5.91 Å². The number of hydrogen-bond acceptors (Lipinski definition) is 2. The van der Waals surface area contributed by atoms with Crippen molar-refractivity contribution in [2.24, 2.45) is 5.73 Å². The Morgan fingerprint density at radius 3 is 2.28 bits per heavy atom. The molecule has 0 heterocycles. The average molecular weight is 516 g/mol. The van der Waals surface area contributed by atoms with E-state index in [2.05, 4.69) is 6.58 Å². The number of carbonyl (C=O) groups is 2. The van der Waals surface area contributed by atoms with Crippen molar-refractivity contribution in [2.75, 3.05) is 4.90 Å². The number of aryl methyl sites for hydroxylation is 1. The molecular weight excluding hydrogens is 496 g/mol. The summed E-state index contributed by atoms with van der Waals surface area (Å²) in [6.45, 7) is 8.29. The lowest BCUT2D eigenvalue weighted by atomic mass is 10.0. The summed E-state index contributed by atoms with van der Waals surface area (Å²) < 4.78 is 39.4. The fourth-order valence-corrected chi connectivity index (χ4v) is 3.70. The molecule has 0 atom stereocenters. The van der Waals surface area contributed by atoms with E-state index >= 15 is 0 Å². The number of rotatable bonds is 5. The van der Waals surface area contributed by atoms with Crippen molar-refractivity contribution in [3.8, 4) is 0 Å². The smallest absolute Gasteiger partial charge is 0.366 e. The molecule has 0 saturated heterocycles. The van der Waals surface area contributed by atoms with E-state index in [4.69, 9.17) is 5.73 Å². The molecule has 4 nitrogen and oxygen atoms in total. The van der Waals surface area contributed by atoms with Gasteiger partial charge in [0.25, 0.3) is 5.91 Å². The van der Waals surface area contributed by atoms with Crippen LogP contribution in [0.25, 0.3) is 5.57 Å². The Balaban J connectivity index is 2.58. The minimum absolute atomic E-state index is 0.0676. The third-order valence-corrected chi connectivity index (χ3v) is 5.27. The Labute approximate surface area is 180 Å². The van der Waals surface area contributed by atoms with E-state index in [0.29, 0.717) is 14.8 Å². The molecule has 0 bridgehead atoms. The number of carbonyl (C=O) groups excluding carboxylic acids is 2. The van der Waals surface area contributed by atoms with Crippen molar-refractivity contribution in [1.29, 1.82) is 0 Å². The molecule has 8 heteroatoms. The minimum atomic E-state index is -4.54. The maximum Gasteiger partial charge on any atom is 0.416 e. The van der Waals surface area contributed by atoms with Crippen molar-refractivity contribution in [1.82, 2.24) is 0 Å². The largest absolute Gasteiger partial charge is 0.416 e. The van der Waals surface area contributed by atoms with Crippen molar-refractivity contribution in [2.45, 2.75) is 33.0 Å². The molecular formula is C21H20F3IN2O2. The fourth-order valence-electron chi connectivity index (χ4n) is 2.97. The van der Waals surface area contributed by atoms with Crippen LogP contribution in [0.15, 0.2) is 43.0 Å². The molecule has 0 radical (unpaired) electrons. The van der Waals surface area contributed by atoms with Crippen molar-refractivity contribution >= 4 is 45.7 Å². The first-order valence-electron chi connectivity index (χ1n) is 8.65. The lowest BCUT2D eigenvalue weighted by Crippen LogP contribution is -2.39. The van der Waals surface area contributed by atoms with Gasteiger partial charge in [-0.2, -0.15) is 13.2 Å². The predicted octanol–water partition coefficient (Wildman–Crippen LogP) is 5.33. The second kappa shape index (κ2) is 8.56. The van der Waals surface area contributed by atoms with Gasteiger partial charge in [-0.15, -0.1) is 0 Å². The van der Waals surface area contributed by atoms with Crippen LogP contribution < -0.4 is 10.6 Å². The van der Waals surface area contributed by atoms with Gasteiger partial charge >= 0.3 is 6.18 Å². The Bertz CT molecular complexity index is 984. The lowest BCUT2D eigenvalue weighted by Gasteiger charge is -2.30. The summed E-state index contributed by atoms with van der Waals surface area (Å²) in [6, 6.07) is 8.54. The fraction of sp³-hybridized carbons (Fsp3) is 0.238. The van der Waals surface area contributed by atoms with Crippen LogP contribution in [0.5, 0.6) is 0 Å². The number of halogens is 4. The van der Waals surface area contributed by atoms with Gasteiger partial charge in [0.1, 0.15) is 0 Å². The maximum atomic E-state index is 13.4. The molecule has 2 aromatic rings. The Kier molecular flexibility index (Phi) is 6.77. The molecule has 2 aromatic carbocycles. The first-order valence-corrected chi connectivity index (χ1v) is 9.73. The van der Waals surface area contributed by atoms with Gasteiger partial charge in [0, 0.05) is 15.3 Å². The van der Waals surface area contributed by atoms with Gasteiger partial charge in [-0.1, -0.05) is 18.7 Å². The molecule has 2 amide bonds. The summed E-state index contributed by atoms with van der Waals surface area (Å²) in [7, 11) is 0. The summed E-state index contributed by atoms with van der Waals surface area (Å²) in [6.07, 6.45) is -4.54. The molecule has 2 rings (SSSR count). The van der Waals surface area contributed by atoms with Gasteiger partial charge in [0.05, 0.1) is 16.7 Å². The van der Waals surface area contributed by atoms with Crippen molar-refractivity contribution < 1.29 is 22.8 Å². The first kappa shape index (κ1) is 22.9. The highest BCUT2D eigenvalue weighted by molar-refractivity contribution is 14.1. The Morgan fingerprint density at radius 1 is 1.17 bits per heavy atom. The highest BCUT2D eigenvalue weighted by Gasteiger charge is 2.33. The number of anilines is 1. The molecule has 154 valence electrons. The zero-order valence-corrected chi connectivity index (χ0v) is 18.3. The second-order valence-corrected chi connectivity index (χ2v) is 7.94. The Hall–Kier alpha value is -2.36. The van der Waals surface area contributed by atoms with E-state index in [-0.39, 0.29) is 22.7 Å². The summed E-state index contributed by atoms with van der Waals surface area (Å²) in [5.41, 5.74) is 5.58. The zero-order chi connectivity index (χ0) is 22.1. The number of alkyl halides is 3. The van der Waals surface area contributed by atoms with Gasteiger partial charge in [0.15, 0.2) is 0 Å². The van der Waals surface area contributed by atoms with E-state index in [9.17, 15) is 22.8 Å². The number of hydrogen-bond donors (Lipinski definition) is 1. The minimum Gasteiger partial charge on any atom is -0.366 e. The first-order chi connectivity index (χ1) is 13.4. The van der Waals surface area contributed by atoms with E-state index in [1.165, 1.54) is 29.2 Å². The molecule has 0 aliphatic carbocycles. The summed E-state index contributed by atoms with van der Waals surface area (Å²) >= 11 is 1.95. The monoisotopic (exact) mass is 516 g/mol. The molecule has 29 heavy (non-hydrogen) atoms. The maximum absolute atomic E-state index is 13.4. The van der Waals surface area contributed by atoms with E-state index in [0.717, 1.165) is 0 Å². The van der Waals surface area contributed by atoms with Gasteiger partial charge in [-0.05, 0) is 78.8 Å². The molecule has 0 fully saturated rings. The summed E-state index contributed by atoms with van der Waals surface area (Å²) in [5, 5.41) is 0. The van der Waals surface area contributed by atoms with Crippen LogP contribution in [0, 0.1) is 10.5 Å². The lowest BCUT2D eigenvalue weighted by molar-refractivity contribution is -0.0686. The van der Waals surface area contributed by atoms with Crippen molar-refractivity contribution in [3.05, 3.63) is 68.8 Å². The van der Waals surface area contributed by atoms with Crippen LogP contribution in [-0.4, -0.2) is 24.0 Å². The summed E-state index contributed by atoms with van der Waals surface area (Å²) in [5.74, 6) is -1.19. The number of allylic oxidation sites excluding steroid dienone is 1. The molecule has 0 spiro atoms. The SMILES string of the molecule is C=C(c1ccc(N(C(=O)c2c(I)cccc2C(N)=O)C(C)C)c(C)c1)C(F)(F)F. The normalized spacial score (nSPS) is 11.4. The van der Waals surface area contributed by atoms with E-state index < -0.39 is 23.6 Å². The molecule has 0 saturated carbocycles. The van der Waals surface area contributed by atoms with Crippen molar-refractivity contribution in [3.63, 3.8) is 0 Å². The van der Waals surface area contributed by atoms with Crippen LogP contribution in [0.4, 0.5) is 18.9 Å². The number of nitrogens with two attached hydrogens (primary N) is 1. The van der Waals surface area contributed by atoms with Crippen LogP contribution in [0.1, 0.15) is 45.7 Å². The van der Waals surface area contributed by atoms with Gasteiger partial charge in [-0.3, -0.25) is 9.59 Å². The standard InChI is InChI=1S/C21H20F3IN2O2/c1-11(2)27(20(29)18-15(19(26)28)6-5-7-16(18)25)17-9-8-14(10-12(17)3)13(4)21(22,23)24/h5-11H,4H2,1-3H3,(H2,26,28). The second-order valence-electron chi connectivity index (χ2n) is 6.77. The van der Waals surface area contributed by atoms with Crippen LogP contribution in [0.2, 0.25) is 0 Å². The quantitative estimate of drug-likeness (QED) is 0.547. The average Bonchev–Trinajstić information content (AvgIpc) is 2.61. The number of amides is 2. The highest BCUT2D eigenvalue weighted by atomic mass is 127. The van der Waals surface area contributed by atoms with Crippen LogP contribution in [-0.2, 0) is 0 Å². The van der Waals surface area contributed by atoms with Crippen LogP contribution in [0.3, 0.4) is 0 Å². The van der Waals surface area contributed by atoms with Gasteiger partial charge < -0.3 is 10.6 Å². The zero-order valence-electron chi connectivity index (χ0n) is 16.1. The third kappa shape index (κ3) is 4.80. The van der Waals surface area contributed by atoms with Gasteiger partial charge in [-0.25, -0.2) is 0 Å². The molecule has 2 N–H and O–H groups in total. The molecule has 0 aliphatic heterocycles. The number of primary amides is 1. The molecule has 0 aromatic heterocycles. The Morgan fingerprint density at radius 2 is 1.79 bits per heavy atom. The number of benzene rings is 2. The molecule has 0 aliphatic rings. The number of nitrogens with zero attached hydrogens (tertiary/aromatic N) is 1.